The molecular weight excluding hydrogens is 193 g/mol. The van der Waals surface area contributed by atoms with E-state index < -0.39 is 0 Å². The van der Waals surface area contributed by atoms with Crippen LogP contribution in [0.1, 0.15) is 27.7 Å². The molecule has 3 nitrogen and oxygen atoms in total. The molecule has 0 rings (SSSR count). The maximum atomic E-state index is 4.56. The average molecular weight is 221 g/mol. The van der Waals surface area contributed by atoms with Gasteiger partial charge in [-0.1, -0.05) is 27.7 Å². The van der Waals surface area contributed by atoms with Crippen molar-refractivity contribution in [2.75, 3.05) is 52.4 Å². The summed E-state index contributed by atoms with van der Waals surface area (Å²) in [6.07, 6.45) is 0. The van der Waals surface area contributed by atoms with Crippen molar-refractivity contribution in [3.8, 4) is 0 Å². The summed E-state index contributed by atoms with van der Waals surface area (Å²) in [6, 6.07) is 0. The molecule has 0 bridgehead atoms. The first-order valence-corrected chi connectivity index (χ1v) is 6.36. The third kappa shape index (κ3) is 9.69. The second-order valence-electron chi connectivity index (χ2n) is 3.72. The van der Waals surface area contributed by atoms with Crippen molar-refractivity contribution in [3.05, 3.63) is 5.32 Å². The minimum Gasteiger partial charge on any atom is -0.660 e. The standard InChI is InChI=1S/C12H28N3.Li/c1-5-14(6-2)11-9-13-10-12-15(7-3)8-4;/h5-12H2,1-4H3;/q-1;+1. The predicted octanol–water partition coefficient (Wildman–Crippen LogP) is -0.952. The van der Waals surface area contributed by atoms with Crippen molar-refractivity contribution in [1.29, 1.82) is 0 Å². The van der Waals surface area contributed by atoms with Gasteiger partial charge in [-0.15, -0.1) is 13.1 Å². The second kappa shape index (κ2) is 13.5. The van der Waals surface area contributed by atoms with Crippen LogP contribution in [-0.4, -0.2) is 62.2 Å². The Morgan fingerprint density at radius 2 is 1.00 bits per heavy atom. The number of rotatable bonds is 10. The van der Waals surface area contributed by atoms with Crippen LogP contribution in [0.2, 0.25) is 0 Å². The first kappa shape index (κ1) is 18.8. The molecule has 0 saturated carbocycles. The number of nitrogens with zero attached hydrogens (tertiary/aromatic N) is 3. The van der Waals surface area contributed by atoms with E-state index >= 15 is 0 Å². The second-order valence-corrected chi connectivity index (χ2v) is 3.72. The molecule has 92 valence electrons. The molecule has 0 aromatic heterocycles. The zero-order valence-corrected chi connectivity index (χ0v) is 12.0. The molecule has 0 N–H and O–H groups in total. The Morgan fingerprint density at radius 1 is 0.688 bits per heavy atom. The van der Waals surface area contributed by atoms with Gasteiger partial charge < -0.3 is 15.1 Å². The summed E-state index contributed by atoms with van der Waals surface area (Å²) < 4.78 is 0. The molecular formula is C12H28LiN3. The van der Waals surface area contributed by atoms with Gasteiger partial charge in [0.2, 0.25) is 0 Å². The number of hydrogen-bond donors (Lipinski definition) is 0. The van der Waals surface area contributed by atoms with Gasteiger partial charge in [-0.25, -0.2) is 0 Å². The smallest absolute Gasteiger partial charge is 0.660 e. The molecule has 0 spiro atoms. The Bertz CT molecular complexity index is 111. The molecule has 4 heteroatoms. The molecule has 0 fully saturated rings. The topological polar surface area (TPSA) is 20.6 Å². The van der Waals surface area contributed by atoms with Crippen LogP contribution in [-0.2, 0) is 0 Å². The van der Waals surface area contributed by atoms with E-state index in [2.05, 4.69) is 42.8 Å². The Balaban J connectivity index is 0. The summed E-state index contributed by atoms with van der Waals surface area (Å²) >= 11 is 0. The average Bonchev–Trinajstić information content (AvgIpc) is 2.29. The van der Waals surface area contributed by atoms with Gasteiger partial charge in [0.1, 0.15) is 0 Å². The molecule has 0 heterocycles. The van der Waals surface area contributed by atoms with Crippen molar-refractivity contribution in [2.45, 2.75) is 27.7 Å². The molecule has 0 unspecified atom stereocenters. The van der Waals surface area contributed by atoms with Crippen LogP contribution in [0.3, 0.4) is 0 Å². The Kier molecular flexibility index (Phi) is 15.9. The molecule has 0 aromatic carbocycles. The van der Waals surface area contributed by atoms with Crippen LogP contribution in [0.5, 0.6) is 0 Å². The molecule has 0 aromatic rings. The van der Waals surface area contributed by atoms with Crippen LogP contribution in [0.4, 0.5) is 0 Å². The van der Waals surface area contributed by atoms with Crippen molar-refractivity contribution in [3.63, 3.8) is 0 Å². The summed E-state index contributed by atoms with van der Waals surface area (Å²) in [5.41, 5.74) is 0. The van der Waals surface area contributed by atoms with Crippen molar-refractivity contribution >= 4 is 0 Å². The van der Waals surface area contributed by atoms with Crippen LogP contribution < -0.4 is 18.9 Å². The zero-order chi connectivity index (χ0) is 11.5. The predicted molar refractivity (Wildman–Crippen MR) is 68.7 cm³/mol. The largest absolute Gasteiger partial charge is 1.00 e. The van der Waals surface area contributed by atoms with E-state index in [1.165, 1.54) is 0 Å². The van der Waals surface area contributed by atoms with Gasteiger partial charge in [-0.05, 0) is 39.3 Å². The van der Waals surface area contributed by atoms with Gasteiger partial charge in [0.05, 0.1) is 0 Å². The normalized spacial score (nSPS) is 10.9. The van der Waals surface area contributed by atoms with E-state index in [0.29, 0.717) is 0 Å². The van der Waals surface area contributed by atoms with E-state index in [4.69, 9.17) is 0 Å². The maximum absolute atomic E-state index is 4.56. The van der Waals surface area contributed by atoms with Gasteiger partial charge in [-0.2, -0.15) is 0 Å². The molecule has 16 heavy (non-hydrogen) atoms. The maximum Gasteiger partial charge on any atom is 1.00 e. The van der Waals surface area contributed by atoms with Gasteiger partial charge in [0, 0.05) is 0 Å². The zero-order valence-electron chi connectivity index (χ0n) is 12.0. The van der Waals surface area contributed by atoms with Crippen LogP contribution >= 0.6 is 0 Å². The summed E-state index contributed by atoms with van der Waals surface area (Å²) in [4.78, 5) is 4.84. The minimum atomic E-state index is 0. The molecule has 0 aliphatic carbocycles. The minimum absolute atomic E-state index is 0. The van der Waals surface area contributed by atoms with E-state index in [-0.39, 0.29) is 18.9 Å². The van der Waals surface area contributed by atoms with E-state index in [1.807, 2.05) is 0 Å². The summed E-state index contributed by atoms with van der Waals surface area (Å²) in [5, 5.41) is 4.56. The van der Waals surface area contributed by atoms with Crippen LogP contribution in [0.25, 0.3) is 5.32 Å². The summed E-state index contributed by atoms with van der Waals surface area (Å²) in [7, 11) is 0. The van der Waals surface area contributed by atoms with E-state index in [9.17, 15) is 0 Å². The van der Waals surface area contributed by atoms with E-state index in [1.54, 1.807) is 0 Å². The van der Waals surface area contributed by atoms with Crippen LogP contribution in [0, 0.1) is 0 Å². The fraction of sp³-hybridized carbons (Fsp3) is 1.00. The van der Waals surface area contributed by atoms with Crippen molar-refractivity contribution in [1.82, 2.24) is 9.80 Å². The fourth-order valence-corrected chi connectivity index (χ4v) is 1.62. The molecule has 0 radical (unpaired) electrons. The quantitative estimate of drug-likeness (QED) is 0.350. The Morgan fingerprint density at radius 3 is 1.25 bits per heavy atom. The SMILES string of the molecule is CCN(CC)CC[N-]CCN(CC)CC.[Li+]. The number of likely N-dealkylation sites (N-methyl/N-ethyl adjacent to an activating group) is 2. The third-order valence-electron chi connectivity index (χ3n) is 2.94. The monoisotopic (exact) mass is 221 g/mol. The fourth-order valence-electron chi connectivity index (χ4n) is 1.62. The molecule has 0 saturated heterocycles. The van der Waals surface area contributed by atoms with Gasteiger partial charge in [-0.3, -0.25) is 0 Å². The van der Waals surface area contributed by atoms with Gasteiger partial charge in [0.25, 0.3) is 0 Å². The van der Waals surface area contributed by atoms with Crippen LogP contribution in [0.15, 0.2) is 0 Å². The van der Waals surface area contributed by atoms with Gasteiger partial charge >= 0.3 is 18.9 Å². The first-order chi connectivity index (χ1) is 7.28. The molecule has 0 aliphatic rings. The first-order valence-electron chi connectivity index (χ1n) is 6.36. The molecule has 0 amide bonds. The van der Waals surface area contributed by atoms with Crippen molar-refractivity contribution in [2.24, 2.45) is 0 Å². The number of hydrogen-bond acceptors (Lipinski definition) is 2. The summed E-state index contributed by atoms with van der Waals surface area (Å²) in [6.45, 7) is 17.6. The summed E-state index contributed by atoms with van der Waals surface area (Å²) in [5.74, 6) is 0. The molecule has 0 atom stereocenters. The van der Waals surface area contributed by atoms with Crippen molar-refractivity contribution < 1.29 is 18.9 Å². The Hall–Kier alpha value is 0.477. The Labute approximate surface area is 114 Å². The van der Waals surface area contributed by atoms with Gasteiger partial charge in [0.15, 0.2) is 0 Å². The molecule has 0 aliphatic heterocycles. The third-order valence-corrected chi connectivity index (χ3v) is 2.94. The van der Waals surface area contributed by atoms with E-state index in [0.717, 1.165) is 52.4 Å².